The van der Waals surface area contributed by atoms with E-state index in [9.17, 15) is 9.00 Å². The minimum absolute atomic E-state index is 0.0550. The maximum absolute atomic E-state index is 12.5. The molecule has 0 aliphatic carbocycles. The first-order valence-corrected chi connectivity index (χ1v) is 8.72. The fourth-order valence-corrected chi connectivity index (χ4v) is 3.22. The molecule has 0 aromatic carbocycles. The first-order chi connectivity index (χ1) is 11.0. The molecule has 7 heteroatoms. The molecule has 1 atom stereocenters. The second kappa shape index (κ2) is 6.00. The topological polar surface area (TPSA) is 77.7 Å². The molecular formula is C16H16N4O2S. The molecular weight excluding hydrogens is 312 g/mol. The molecule has 0 spiro atoms. The molecule has 23 heavy (non-hydrogen) atoms. The van der Waals surface area contributed by atoms with E-state index < -0.39 is 16.5 Å². The van der Waals surface area contributed by atoms with Gasteiger partial charge in [-0.05, 0) is 24.1 Å². The third kappa shape index (κ3) is 2.68. The van der Waals surface area contributed by atoms with Crippen molar-refractivity contribution >= 4 is 21.8 Å². The van der Waals surface area contributed by atoms with Crippen LogP contribution in [-0.2, 0) is 10.8 Å². The Kier molecular flexibility index (Phi) is 4.04. The molecule has 6 nitrogen and oxygen atoms in total. The number of fused-ring (bicyclic) bond motifs is 1. The van der Waals surface area contributed by atoms with Crippen LogP contribution in [0.25, 0.3) is 16.7 Å². The van der Waals surface area contributed by atoms with Gasteiger partial charge in [-0.2, -0.15) is 0 Å². The quantitative estimate of drug-likeness (QED) is 0.735. The van der Waals surface area contributed by atoms with Gasteiger partial charge in [0.2, 0.25) is 0 Å². The summed E-state index contributed by atoms with van der Waals surface area (Å²) in [5.41, 5.74) is 1.23. The van der Waals surface area contributed by atoms with Gasteiger partial charge in [-0.15, -0.1) is 0 Å². The molecule has 118 valence electrons. The Labute approximate surface area is 135 Å². The molecule has 0 saturated heterocycles. The molecule has 3 aromatic heterocycles. The van der Waals surface area contributed by atoms with Crippen molar-refractivity contribution in [2.75, 3.05) is 6.26 Å². The van der Waals surface area contributed by atoms with Crippen LogP contribution in [0.1, 0.15) is 25.5 Å². The van der Waals surface area contributed by atoms with Crippen molar-refractivity contribution in [2.45, 2.75) is 24.7 Å². The average molecular weight is 328 g/mol. The fraction of sp³-hybridized carbons (Fsp3) is 0.250. The van der Waals surface area contributed by atoms with Crippen molar-refractivity contribution in [1.29, 1.82) is 0 Å². The lowest BCUT2D eigenvalue weighted by Crippen LogP contribution is -2.25. The third-order valence-corrected chi connectivity index (χ3v) is 4.48. The van der Waals surface area contributed by atoms with Crippen molar-refractivity contribution in [3.8, 4) is 5.69 Å². The largest absolute Gasteiger partial charge is 0.353 e. The zero-order valence-electron chi connectivity index (χ0n) is 13.1. The number of nitrogens with zero attached hydrogens (tertiary/aromatic N) is 4. The summed E-state index contributed by atoms with van der Waals surface area (Å²) in [6, 6.07) is 5.29. The monoisotopic (exact) mass is 328 g/mol. The van der Waals surface area contributed by atoms with Crippen LogP contribution in [0.2, 0.25) is 0 Å². The van der Waals surface area contributed by atoms with Gasteiger partial charge in [0.1, 0.15) is 5.65 Å². The normalized spacial score (nSPS) is 12.7. The molecule has 0 radical (unpaired) electrons. The Balaban J connectivity index is 2.51. The van der Waals surface area contributed by atoms with E-state index >= 15 is 0 Å². The summed E-state index contributed by atoms with van der Waals surface area (Å²) < 4.78 is 13.6. The molecule has 3 aromatic rings. The number of pyridine rings is 2. The highest BCUT2D eigenvalue weighted by Crippen LogP contribution is 2.27. The van der Waals surface area contributed by atoms with Crippen molar-refractivity contribution in [3.63, 3.8) is 0 Å². The van der Waals surface area contributed by atoms with Gasteiger partial charge in [-0.3, -0.25) is 9.19 Å². The predicted octanol–water partition coefficient (Wildman–Crippen LogP) is 2.04. The Morgan fingerprint density at radius 2 is 1.91 bits per heavy atom. The lowest BCUT2D eigenvalue weighted by molar-refractivity contribution is 0.684. The molecule has 0 fully saturated rings. The second-order valence-corrected chi connectivity index (χ2v) is 6.79. The Bertz CT molecular complexity index is 966. The van der Waals surface area contributed by atoms with E-state index in [1.165, 1.54) is 10.8 Å². The van der Waals surface area contributed by atoms with E-state index in [-0.39, 0.29) is 5.92 Å². The molecule has 0 amide bonds. The molecule has 0 N–H and O–H groups in total. The minimum Gasteiger partial charge on any atom is -0.259 e. The summed E-state index contributed by atoms with van der Waals surface area (Å²) in [4.78, 5) is 25.7. The molecule has 0 aliphatic heterocycles. The van der Waals surface area contributed by atoms with E-state index in [1.807, 2.05) is 19.9 Å². The summed E-state index contributed by atoms with van der Waals surface area (Å²) in [6.45, 7) is 3.95. The van der Waals surface area contributed by atoms with Crippen LogP contribution < -0.4 is 5.69 Å². The van der Waals surface area contributed by atoms with Gasteiger partial charge in [-0.25, -0.2) is 19.3 Å². The van der Waals surface area contributed by atoms with Crippen LogP contribution in [0.15, 0.2) is 46.5 Å². The highest BCUT2D eigenvalue weighted by molar-refractivity contribution is 7.84. The molecule has 0 bridgehead atoms. The molecule has 1 unspecified atom stereocenters. The third-order valence-electron chi connectivity index (χ3n) is 3.53. The van der Waals surface area contributed by atoms with Crippen LogP contribution in [0.5, 0.6) is 0 Å². The van der Waals surface area contributed by atoms with E-state index in [2.05, 4.69) is 15.0 Å². The van der Waals surface area contributed by atoms with Gasteiger partial charge in [0.15, 0.2) is 0 Å². The van der Waals surface area contributed by atoms with Crippen LogP contribution in [0.3, 0.4) is 0 Å². The van der Waals surface area contributed by atoms with Crippen LogP contribution in [0, 0.1) is 0 Å². The van der Waals surface area contributed by atoms with E-state index in [1.54, 1.807) is 30.8 Å². The fourth-order valence-electron chi connectivity index (χ4n) is 2.50. The lowest BCUT2D eigenvalue weighted by Gasteiger charge is -2.17. The number of hydrogen-bond acceptors (Lipinski definition) is 5. The van der Waals surface area contributed by atoms with Gasteiger partial charge in [-0.1, -0.05) is 13.8 Å². The Morgan fingerprint density at radius 1 is 1.13 bits per heavy atom. The summed E-state index contributed by atoms with van der Waals surface area (Å²) in [7, 11) is -1.27. The maximum Gasteiger partial charge on any atom is 0.353 e. The number of rotatable bonds is 3. The van der Waals surface area contributed by atoms with Crippen molar-refractivity contribution in [2.24, 2.45) is 0 Å². The van der Waals surface area contributed by atoms with E-state index in [0.29, 0.717) is 21.9 Å². The Hall–Kier alpha value is -2.41. The SMILES string of the molecule is CC(C)c1nccc(S(C)=O)c1-n1c(=O)ncc2cccnc21. The van der Waals surface area contributed by atoms with Gasteiger partial charge in [0.05, 0.1) is 27.1 Å². The van der Waals surface area contributed by atoms with E-state index in [4.69, 9.17) is 0 Å². The van der Waals surface area contributed by atoms with Crippen molar-refractivity contribution in [3.05, 3.63) is 53.0 Å². The Morgan fingerprint density at radius 3 is 2.61 bits per heavy atom. The highest BCUT2D eigenvalue weighted by Gasteiger charge is 2.20. The molecule has 3 heterocycles. The van der Waals surface area contributed by atoms with E-state index in [0.717, 1.165) is 5.39 Å². The predicted molar refractivity (Wildman–Crippen MR) is 89.4 cm³/mol. The first-order valence-electron chi connectivity index (χ1n) is 7.16. The van der Waals surface area contributed by atoms with Gasteiger partial charge in [0.25, 0.3) is 0 Å². The van der Waals surface area contributed by atoms with Crippen LogP contribution in [0.4, 0.5) is 0 Å². The summed E-state index contributed by atoms with van der Waals surface area (Å²) in [5.74, 6) is 0.0550. The maximum atomic E-state index is 12.5. The summed E-state index contributed by atoms with van der Waals surface area (Å²) >= 11 is 0. The summed E-state index contributed by atoms with van der Waals surface area (Å²) in [5, 5.41) is 0.735. The number of aromatic nitrogens is 4. The molecule has 0 saturated carbocycles. The standard InChI is InChI=1S/C16H16N4O2S/c1-10(2)13-14(12(23(3)22)6-8-17-13)20-15-11(5-4-7-18-15)9-19-16(20)21/h4-10H,1-3H3. The number of hydrogen-bond donors (Lipinski definition) is 0. The lowest BCUT2D eigenvalue weighted by atomic mass is 10.1. The first kappa shape index (κ1) is 15.5. The molecule has 0 aliphatic rings. The van der Waals surface area contributed by atoms with Gasteiger partial charge in [0, 0.05) is 30.2 Å². The van der Waals surface area contributed by atoms with Crippen LogP contribution in [-0.4, -0.2) is 30.0 Å². The second-order valence-electron chi connectivity index (χ2n) is 5.44. The van der Waals surface area contributed by atoms with Gasteiger partial charge < -0.3 is 0 Å². The van der Waals surface area contributed by atoms with Crippen molar-refractivity contribution in [1.82, 2.24) is 19.5 Å². The zero-order chi connectivity index (χ0) is 16.6. The summed E-state index contributed by atoms with van der Waals surface area (Å²) in [6.07, 6.45) is 6.31. The smallest absolute Gasteiger partial charge is 0.259 e. The molecule has 3 rings (SSSR count). The highest BCUT2D eigenvalue weighted by atomic mass is 32.2. The van der Waals surface area contributed by atoms with Gasteiger partial charge >= 0.3 is 5.69 Å². The average Bonchev–Trinajstić information content (AvgIpc) is 2.54. The van der Waals surface area contributed by atoms with Crippen LogP contribution >= 0.6 is 0 Å². The zero-order valence-corrected chi connectivity index (χ0v) is 13.9. The minimum atomic E-state index is -1.27. The van der Waals surface area contributed by atoms with Crippen molar-refractivity contribution < 1.29 is 4.21 Å².